The number of rotatable bonds is 7. The smallest absolute Gasteiger partial charge is 0.338 e. The molecule has 3 heterocycles. The lowest BCUT2D eigenvalue weighted by Gasteiger charge is -2.25. The van der Waals surface area contributed by atoms with E-state index in [4.69, 9.17) is 25.5 Å². The van der Waals surface area contributed by atoms with Gasteiger partial charge >= 0.3 is 5.97 Å². The van der Waals surface area contributed by atoms with E-state index < -0.39 is 16.9 Å². The van der Waals surface area contributed by atoms with Crippen LogP contribution < -0.4 is 19.6 Å². The maximum absolute atomic E-state index is 13.8. The molecule has 0 fully saturated rings. The molecule has 0 saturated carbocycles. The van der Waals surface area contributed by atoms with Gasteiger partial charge in [0, 0.05) is 17.2 Å². The summed E-state index contributed by atoms with van der Waals surface area (Å²) in [5.41, 5.74) is 1.26. The van der Waals surface area contributed by atoms with Crippen molar-refractivity contribution in [3.8, 4) is 17.1 Å². The van der Waals surface area contributed by atoms with E-state index in [0.717, 1.165) is 11.3 Å². The number of thiazole rings is 1. The molecule has 0 bridgehead atoms. The summed E-state index contributed by atoms with van der Waals surface area (Å²) in [5, 5.41) is 11.5. The van der Waals surface area contributed by atoms with Gasteiger partial charge in [-0.25, -0.2) is 9.79 Å². The average molecular weight is 580 g/mol. The number of aromatic nitrogens is 1. The SMILES string of the molecule is CCOC(=O)C1=C(C)N=c2sc(=Cc3ccc(-c4ccc([N+](=O)[O-])cc4OC)o3)c(=O)n2C1c1ccccc1Cl. The molecule has 0 spiro atoms. The average Bonchev–Trinajstić information content (AvgIpc) is 3.52. The largest absolute Gasteiger partial charge is 0.496 e. The molecule has 1 aliphatic rings. The van der Waals surface area contributed by atoms with Crippen LogP contribution in [0.4, 0.5) is 5.69 Å². The molecule has 0 amide bonds. The molecule has 0 radical (unpaired) electrons. The fourth-order valence-electron chi connectivity index (χ4n) is 4.48. The molecule has 0 N–H and O–H groups in total. The molecule has 1 aliphatic heterocycles. The molecule has 10 nitrogen and oxygen atoms in total. The minimum absolute atomic E-state index is 0.112. The van der Waals surface area contributed by atoms with Crippen LogP contribution in [-0.2, 0) is 9.53 Å². The van der Waals surface area contributed by atoms with Crippen molar-refractivity contribution in [3.05, 3.63) is 112 Å². The lowest BCUT2D eigenvalue weighted by Crippen LogP contribution is -2.40. The Morgan fingerprint density at radius 3 is 2.73 bits per heavy atom. The van der Waals surface area contributed by atoms with Gasteiger partial charge in [0.05, 0.1) is 46.1 Å². The van der Waals surface area contributed by atoms with Gasteiger partial charge in [-0.15, -0.1) is 0 Å². The minimum atomic E-state index is -0.831. The second kappa shape index (κ2) is 10.9. The normalized spacial score (nSPS) is 15.0. The number of benzene rings is 2. The maximum atomic E-state index is 13.8. The molecule has 1 atom stereocenters. The Labute approximate surface area is 236 Å². The van der Waals surface area contributed by atoms with Crippen LogP contribution in [0.2, 0.25) is 5.02 Å². The van der Waals surface area contributed by atoms with Crippen LogP contribution in [0.25, 0.3) is 17.4 Å². The van der Waals surface area contributed by atoms with Crippen molar-refractivity contribution in [1.29, 1.82) is 0 Å². The van der Waals surface area contributed by atoms with Gasteiger partial charge in [-0.05, 0) is 43.7 Å². The van der Waals surface area contributed by atoms with Gasteiger partial charge in [-0.3, -0.25) is 19.5 Å². The Bertz CT molecular complexity index is 1870. The Kier molecular flexibility index (Phi) is 7.42. The number of non-ortho nitro benzene ring substituents is 1. The third-order valence-electron chi connectivity index (χ3n) is 6.28. The van der Waals surface area contributed by atoms with Crippen molar-refractivity contribution in [2.75, 3.05) is 13.7 Å². The Morgan fingerprint density at radius 1 is 1.25 bits per heavy atom. The van der Waals surface area contributed by atoms with Crippen molar-refractivity contribution in [2.24, 2.45) is 4.99 Å². The van der Waals surface area contributed by atoms with Crippen LogP contribution >= 0.6 is 22.9 Å². The predicted molar refractivity (Wildman–Crippen MR) is 149 cm³/mol. The number of carbonyl (C=O) groups excluding carboxylic acids is 1. The van der Waals surface area contributed by atoms with Crippen LogP contribution in [0.3, 0.4) is 0 Å². The summed E-state index contributed by atoms with van der Waals surface area (Å²) in [7, 11) is 1.41. The number of nitro groups is 1. The fourth-order valence-corrected chi connectivity index (χ4v) is 5.75. The molecule has 40 heavy (non-hydrogen) atoms. The van der Waals surface area contributed by atoms with Gasteiger partial charge in [-0.1, -0.05) is 41.1 Å². The molecular formula is C28H22ClN3O7S. The van der Waals surface area contributed by atoms with E-state index in [1.165, 1.54) is 29.9 Å². The van der Waals surface area contributed by atoms with E-state index in [-0.39, 0.29) is 29.2 Å². The zero-order valence-electron chi connectivity index (χ0n) is 21.5. The Morgan fingerprint density at radius 2 is 2.02 bits per heavy atom. The van der Waals surface area contributed by atoms with Crippen LogP contribution in [-0.4, -0.2) is 29.2 Å². The summed E-state index contributed by atoms with van der Waals surface area (Å²) in [6.07, 6.45) is 1.58. The van der Waals surface area contributed by atoms with Gasteiger partial charge in [0.2, 0.25) is 0 Å². The van der Waals surface area contributed by atoms with Gasteiger partial charge in [0.15, 0.2) is 4.80 Å². The number of esters is 1. The van der Waals surface area contributed by atoms with Gasteiger partial charge in [0.1, 0.15) is 23.3 Å². The zero-order valence-corrected chi connectivity index (χ0v) is 23.1. The predicted octanol–water partition coefficient (Wildman–Crippen LogP) is 4.63. The van der Waals surface area contributed by atoms with E-state index in [2.05, 4.69) is 4.99 Å². The monoisotopic (exact) mass is 579 g/mol. The highest BCUT2D eigenvalue weighted by atomic mass is 35.5. The second-order valence-electron chi connectivity index (χ2n) is 8.67. The fraction of sp³-hybridized carbons (Fsp3) is 0.179. The van der Waals surface area contributed by atoms with E-state index in [1.54, 1.807) is 56.3 Å². The molecule has 12 heteroatoms. The minimum Gasteiger partial charge on any atom is -0.496 e. The van der Waals surface area contributed by atoms with E-state index in [9.17, 15) is 19.7 Å². The number of fused-ring (bicyclic) bond motifs is 1. The number of hydrogen-bond acceptors (Lipinski definition) is 9. The van der Waals surface area contributed by atoms with Gasteiger partial charge in [0.25, 0.3) is 11.2 Å². The highest BCUT2D eigenvalue weighted by molar-refractivity contribution is 7.07. The summed E-state index contributed by atoms with van der Waals surface area (Å²) in [6.45, 7) is 3.57. The summed E-state index contributed by atoms with van der Waals surface area (Å²) >= 11 is 7.68. The van der Waals surface area contributed by atoms with E-state index in [1.807, 2.05) is 0 Å². The summed E-state index contributed by atoms with van der Waals surface area (Å²) < 4.78 is 18.4. The lowest BCUT2D eigenvalue weighted by molar-refractivity contribution is -0.384. The highest BCUT2D eigenvalue weighted by Gasteiger charge is 2.34. The molecule has 4 aromatic rings. The third-order valence-corrected chi connectivity index (χ3v) is 7.61. The van der Waals surface area contributed by atoms with E-state index in [0.29, 0.717) is 42.7 Å². The van der Waals surface area contributed by atoms with Crippen LogP contribution in [0.15, 0.2) is 80.1 Å². The molecule has 0 aliphatic carbocycles. The number of halogens is 1. The van der Waals surface area contributed by atoms with Crippen LogP contribution in [0.5, 0.6) is 5.75 Å². The topological polar surface area (TPSA) is 126 Å². The lowest BCUT2D eigenvalue weighted by atomic mass is 9.96. The van der Waals surface area contributed by atoms with Crippen molar-refractivity contribution < 1.29 is 23.6 Å². The number of carbonyl (C=O) groups is 1. The van der Waals surface area contributed by atoms with Crippen LogP contribution in [0.1, 0.15) is 31.2 Å². The number of methoxy groups -OCH3 is 1. The molecule has 5 rings (SSSR count). The highest BCUT2D eigenvalue weighted by Crippen LogP contribution is 2.35. The molecule has 1 unspecified atom stereocenters. The first kappa shape index (κ1) is 27.1. The second-order valence-corrected chi connectivity index (χ2v) is 10.1. The van der Waals surface area contributed by atoms with E-state index >= 15 is 0 Å². The quantitative estimate of drug-likeness (QED) is 0.177. The molecule has 0 saturated heterocycles. The number of nitrogens with zero attached hydrogens (tertiary/aromatic N) is 3. The first-order valence-corrected chi connectivity index (χ1v) is 13.3. The third kappa shape index (κ3) is 4.85. The number of ether oxygens (including phenoxy) is 2. The summed E-state index contributed by atoms with van der Waals surface area (Å²) in [5.74, 6) is 0.475. The van der Waals surface area contributed by atoms with Gasteiger partial charge in [-0.2, -0.15) is 0 Å². The van der Waals surface area contributed by atoms with Crippen molar-refractivity contribution in [2.45, 2.75) is 19.9 Å². The van der Waals surface area contributed by atoms with Crippen LogP contribution in [0, 0.1) is 10.1 Å². The van der Waals surface area contributed by atoms with Crippen molar-refractivity contribution >= 4 is 40.7 Å². The van der Waals surface area contributed by atoms with Crippen molar-refractivity contribution in [1.82, 2.24) is 4.57 Å². The molecule has 204 valence electrons. The number of allylic oxidation sites excluding steroid dienone is 1. The number of nitro benzene ring substituents is 1. The number of hydrogen-bond donors (Lipinski definition) is 0. The maximum Gasteiger partial charge on any atom is 0.338 e. The Hall–Kier alpha value is -4.48. The van der Waals surface area contributed by atoms with Crippen molar-refractivity contribution in [3.63, 3.8) is 0 Å². The first-order valence-electron chi connectivity index (χ1n) is 12.1. The summed E-state index contributed by atoms with van der Waals surface area (Å²) in [6, 6.07) is 13.7. The molecule has 2 aromatic heterocycles. The zero-order chi connectivity index (χ0) is 28.6. The first-order chi connectivity index (χ1) is 19.2. The van der Waals surface area contributed by atoms with Gasteiger partial charge < -0.3 is 13.9 Å². The standard InChI is InChI=1S/C28H22ClN3O7S/c1-4-38-27(34)24-15(2)30-28-31(25(24)18-7-5-6-8-20(18)29)26(33)23(40-28)14-17-10-12-21(39-17)19-11-9-16(32(35)36)13-22(19)37-3/h5-14,25H,4H2,1-3H3. The number of furan rings is 1. The molecular weight excluding hydrogens is 558 g/mol. The summed E-state index contributed by atoms with van der Waals surface area (Å²) in [4.78, 5) is 42.3. The Balaban J connectivity index is 1.62. The molecule has 2 aromatic carbocycles.